The minimum absolute atomic E-state index is 0.279. The van der Waals surface area contributed by atoms with Crippen LogP contribution in [0.4, 0.5) is 5.13 Å². The van der Waals surface area contributed by atoms with E-state index < -0.39 is 0 Å². The minimum Gasteiger partial charge on any atom is -0.462 e. The Labute approximate surface area is 127 Å². The fourth-order valence-corrected chi connectivity index (χ4v) is 3.54. The molecular formula is C15H19N3O2S. The molecule has 21 heavy (non-hydrogen) atoms. The van der Waals surface area contributed by atoms with Gasteiger partial charge in [-0.25, -0.2) is 9.78 Å². The van der Waals surface area contributed by atoms with Crippen molar-refractivity contribution in [3.63, 3.8) is 0 Å². The monoisotopic (exact) mass is 305 g/mol. The van der Waals surface area contributed by atoms with Crippen molar-refractivity contribution in [1.29, 1.82) is 0 Å². The highest BCUT2D eigenvalue weighted by Gasteiger charge is 2.19. The molecule has 0 saturated carbocycles. The van der Waals surface area contributed by atoms with Gasteiger partial charge in [0.15, 0.2) is 5.13 Å². The van der Waals surface area contributed by atoms with Gasteiger partial charge in [0.05, 0.1) is 22.4 Å². The molecule has 0 radical (unpaired) electrons. The molecule has 1 saturated heterocycles. The van der Waals surface area contributed by atoms with Crippen molar-refractivity contribution in [2.45, 2.75) is 25.8 Å². The number of nitrogens with two attached hydrogens (primary N) is 1. The number of anilines is 1. The van der Waals surface area contributed by atoms with Crippen LogP contribution in [0.25, 0.3) is 10.2 Å². The number of nitrogens with zero attached hydrogens (tertiary/aromatic N) is 2. The lowest BCUT2D eigenvalue weighted by molar-refractivity contribution is 0.0526. The van der Waals surface area contributed by atoms with Crippen LogP contribution in [-0.4, -0.2) is 36.7 Å². The minimum atomic E-state index is -0.279. The summed E-state index contributed by atoms with van der Waals surface area (Å²) in [6, 6.07) is 5.84. The molecule has 0 aliphatic carbocycles. The van der Waals surface area contributed by atoms with Crippen LogP contribution in [0, 0.1) is 0 Å². The van der Waals surface area contributed by atoms with Crippen LogP contribution < -0.4 is 10.6 Å². The van der Waals surface area contributed by atoms with Crippen molar-refractivity contribution in [3.8, 4) is 0 Å². The first-order valence-electron chi connectivity index (χ1n) is 7.25. The normalized spacial score (nSPS) is 16.4. The molecule has 2 heterocycles. The second-order valence-corrected chi connectivity index (χ2v) is 6.23. The van der Waals surface area contributed by atoms with Crippen molar-refractivity contribution in [3.05, 3.63) is 23.8 Å². The maximum atomic E-state index is 11.8. The number of thiazole rings is 1. The molecule has 2 aromatic rings. The summed E-state index contributed by atoms with van der Waals surface area (Å²) in [7, 11) is 0. The molecule has 1 aromatic heterocycles. The van der Waals surface area contributed by atoms with Crippen molar-refractivity contribution in [1.82, 2.24) is 4.98 Å². The standard InChI is InChI=1S/C15H19N3O2S/c1-2-20-14(19)10-3-4-12-13(9-10)21-15(17-12)18-7-5-11(16)6-8-18/h3-4,9,11H,2,5-8,16H2,1H3. The summed E-state index contributed by atoms with van der Waals surface area (Å²) in [6.07, 6.45) is 2.01. The molecule has 0 unspecified atom stereocenters. The van der Waals surface area contributed by atoms with Crippen LogP contribution in [0.15, 0.2) is 18.2 Å². The van der Waals surface area contributed by atoms with Gasteiger partial charge in [-0.1, -0.05) is 11.3 Å². The second kappa shape index (κ2) is 5.99. The summed E-state index contributed by atoms with van der Waals surface area (Å²) in [5.74, 6) is -0.279. The molecule has 5 nitrogen and oxygen atoms in total. The number of esters is 1. The van der Waals surface area contributed by atoms with Gasteiger partial charge in [-0.2, -0.15) is 0 Å². The molecule has 0 bridgehead atoms. The number of piperidine rings is 1. The van der Waals surface area contributed by atoms with Crippen LogP contribution >= 0.6 is 11.3 Å². The van der Waals surface area contributed by atoms with E-state index in [1.165, 1.54) is 0 Å². The number of fused-ring (bicyclic) bond motifs is 1. The van der Waals surface area contributed by atoms with Gasteiger partial charge >= 0.3 is 5.97 Å². The molecule has 1 aliphatic heterocycles. The zero-order valence-corrected chi connectivity index (χ0v) is 12.9. The maximum absolute atomic E-state index is 11.8. The molecule has 1 aromatic carbocycles. The number of benzene rings is 1. The highest BCUT2D eigenvalue weighted by Crippen LogP contribution is 2.31. The first kappa shape index (κ1) is 14.3. The molecule has 3 rings (SSSR count). The van der Waals surface area contributed by atoms with Gasteiger partial charge < -0.3 is 15.4 Å². The Bertz CT molecular complexity index is 647. The molecule has 0 spiro atoms. The summed E-state index contributed by atoms with van der Waals surface area (Å²) >= 11 is 1.62. The van der Waals surface area contributed by atoms with Gasteiger partial charge in [0.25, 0.3) is 0 Å². The van der Waals surface area contributed by atoms with Crippen LogP contribution in [0.3, 0.4) is 0 Å². The SMILES string of the molecule is CCOC(=O)c1ccc2nc(N3CCC(N)CC3)sc2c1. The lowest BCUT2D eigenvalue weighted by Crippen LogP contribution is -2.39. The average Bonchev–Trinajstić information content (AvgIpc) is 2.91. The Morgan fingerprint density at radius 2 is 2.24 bits per heavy atom. The van der Waals surface area contributed by atoms with Crippen LogP contribution in [-0.2, 0) is 4.74 Å². The van der Waals surface area contributed by atoms with Gasteiger partial charge in [0.1, 0.15) is 0 Å². The largest absolute Gasteiger partial charge is 0.462 e. The Morgan fingerprint density at radius 3 is 2.95 bits per heavy atom. The summed E-state index contributed by atoms with van der Waals surface area (Å²) in [6.45, 7) is 4.10. The van der Waals surface area contributed by atoms with Crippen molar-refractivity contribution < 1.29 is 9.53 Å². The Hall–Kier alpha value is -1.66. The van der Waals surface area contributed by atoms with E-state index in [1.54, 1.807) is 17.4 Å². The number of aromatic nitrogens is 1. The molecule has 1 fully saturated rings. The van der Waals surface area contributed by atoms with Crippen LogP contribution in [0.2, 0.25) is 0 Å². The number of ether oxygens (including phenoxy) is 1. The molecule has 112 valence electrons. The molecule has 0 amide bonds. The van der Waals surface area contributed by atoms with Gasteiger partial charge in [0, 0.05) is 19.1 Å². The average molecular weight is 305 g/mol. The summed E-state index contributed by atoms with van der Waals surface area (Å²) in [4.78, 5) is 18.7. The number of hydrogen-bond acceptors (Lipinski definition) is 6. The topological polar surface area (TPSA) is 68.5 Å². The Morgan fingerprint density at radius 1 is 1.48 bits per heavy atom. The Balaban J connectivity index is 1.84. The van der Waals surface area contributed by atoms with Crippen molar-refractivity contribution in [2.75, 3.05) is 24.6 Å². The number of rotatable bonds is 3. The second-order valence-electron chi connectivity index (χ2n) is 5.22. The van der Waals surface area contributed by atoms with E-state index in [0.29, 0.717) is 18.2 Å². The number of hydrogen-bond donors (Lipinski definition) is 1. The fraction of sp³-hybridized carbons (Fsp3) is 0.467. The van der Waals surface area contributed by atoms with E-state index in [4.69, 9.17) is 10.5 Å². The highest BCUT2D eigenvalue weighted by atomic mass is 32.1. The summed E-state index contributed by atoms with van der Waals surface area (Å²) in [5, 5.41) is 1.01. The summed E-state index contributed by atoms with van der Waals surface area (Å²) in [5.41, 5.74) is 7.45. The van der Waals surface area contributed by atoms with Gasteiger partial charge in [-0.3, -0.25) is 0 Å². The zero-order valence-electron chi connectivity index (χ0n) is 12.0. The van der Waals surface area contributed by atoms with E-state index in [0.717, 1.165) is 41.3 Å². The third-order valence-corrected chi connectivity index (χ3v) is 4.78. The quantitative estimate of drug-likeness (QED) is 0.882. The molecule has 6 heteroatoms. The fourth-order valence-electron chi connectivity index (χ4n) is 2.48. The lowest BCUT2D eigenvalue weighted by Gasteiger charge is -2.29. The predicted octanol–water partition coefficient (Wildman–Crippen LogP) is 2.40. The van der Waals surface area contributed by atoms with Crippen LogP contribution in [0.1, 0.15) is 30.1 Å². The molecule has 0 atom stereocenters. The van der Waals surface area contributed by atoms with Crippen molar-refractivity contribution in [2.24, 2.45) is 5.73 Å². The molecule has 1 aliphatic rings. The first-order chi connectivity index (χ1) is 10.2. The van der Waals surface area contributed by atoms with Gasteiger partial charge in [-0.05, 0) is 38.0 Å². The van der Waals surface area contributed by atoms with Gasteiger partial charge in [-0.15, -0.1) is 0 Å². The van der Waals surface area contributed by atoms with Crippen molar-refractivity contribution >= 4 is 32.7 Å². The summed E-state index contributed by atoms with van der Waals surface area (Å²) < 4.78 is 6.05. The first-order valence-corrected chi connectivity index (χ1v) is 8.07. The smallest absolute Gasteiger partial charge is 0.338 e. The van der Waals surface area contributed by atoms with Gasteiger partial charge in [0.2, 0.25) is 0 Å². The highest BCUT2D eigenvalue weighted by molar-refractivity contribution is 7.22. The molecular weight excluding hydrogens is 286 g/mol. The zero-order chi connectivity index (χ0) is 14.8. The number of carbonyl (C=O) groups excluding carboxylic acids is 1. The van der Waals surface area contributed by atoms with E-state index in [2.05, 4.69) is 9.88 Å². The third-order valence-electron chi connectivity index (χ3n) is 3.70. The van der Waals surface area contributed by atoms with Crippen LogP contribution in [0.5, 0.6) is 0 Å². The third kappa shape index (κ3) is 3.01. The lowest BCUT2D eigenvalue weighted by atomic mass is 10.1. The predicted molar refractivity (Wildman–Crippen MR) is 85.0 cm³/mol. The number of carbonyl (C=O) groups is 1. The maximum Gasteiger partial charge on any atom is 0.338 e. The van der Waals surface area contributed by atoms with E-state index >= 15 is 0 Å². The van der Waals surface area contributed by atoms with E-state index in [9.17, 15) is 4.79 Å². The van der Waals surface area contributed by atoms with E-state index in [1.807, 2.05) is 19.1 Å². The van der Waals surface area contributed by atoms with E-state index in [-0.39, 0.29) is 5.97 Å². The Kier molecular flexibility index (Phi) is 4.07. The molecule has 2 N–H and O–H groups in total.